The molecule has 0 amide bonds. The molecule has 0 bridgehead atoms. The second-order valence-corrected chi connectivity index (χ2v) is 6.64. The fraction of sp³-hybridized carbons (Fsp3) is 1.00. The molecule has 1 heterocycles. The molecule has 6 heteroatoms. The maximum absolute atomic E-state index is 12.0. The first-order valence-corrected chi connectivity index (χ1v) is 7.37. The molecule has 0 aromatic heterocycles. The van der Waals surface area contributed by atoms with Crippen molar-refractivity contribution >= 4 is 10.0 Å². The topological polar surface area (TPSA) is 52.7 Å². The Kier molecular flexibility index (Phi) is 5.17. The number of nitrogens with one attached hydrogen (secondary N) is 1. The van der Waals surface area contributed by atoms with Gasteiger partial charge in [-0.1, -0.05) is 0 Å². The molecule has 5 nitrogen and oxygen atoms in total. The molecule has 1 aliphatic heterocycles. The van der Waals surface area contributed by atoms with Gasteiger partial charge >= 0.3 is 0 Å². The van der Waals surface area contributed by atoms with E-state index >= 15 is 0 Å². The van der Waals surface area contributed by atoms with E-state index in [1.165, 1.54) is 0 Å². The largest absolute Gasteiger partial charge is 0.319 e. The van der Waals surface area contributed by atoms with Crippen molar-refractivity contribution < 1.29 is 8.42 Å². The number of hydrogen-bond donors (Lipinski definition) is 1. The van der Waals surface area contributed by atoms with Crippen LogP contribution in [0.3, 0.4) is 0 Å². The normalized spacial score (nSPS) is 23.9. The van der Waals surface area contributed by atoms with Gasteiger partial charge in [0, 0.05) is 26.2 Å². The molecule has 1 aliphatic rings. The van der Waals surface area contributed by atoms with E-state index in [0.717, 1.165) is 25.9 Å². The third-order valence-corrected chi connectivity index (χ3v) is 5.06. The van der Waals surface area contributed by atoms with Crippen molar-refractivity contribution in [3.05, 3.63) is 0 Å². The first-order chi connectivity index (χ1) is 7.47. The Morgan fingerprint density at radius 3 is 2.75 bits per heavy atom. The summed E-state index contributed by atoms with van der Waals surface area (Å²) in [6.07, 6.45) is 2.05. The summed E-state index contributed by atoms with van der Waals surface area (Å²) in [5.41, 5.74) is 0. The Balaban J connectivity index is 2.58. The van der Waals surface area contributed by atoms with E-state index in [-0.39, 0.29) is 11.8 Å². The number of rotatable bonds is 5. The average Bonchev–Trinajstić information content (AvgIpc) is 2.25. The predicted molar refractivity (Wildman–Crippen MR) is 66.0 cm³/mol. The van der Waals surface area contributed by atoms with E-state index in [4.69, 9.17) is 0 Å². The first-order valence-electron chi connectivity index (χ1n) is 5.76. The van der Waals surface area contributed by atoms with E-state index in [9.17, 15) is 8.42 Å². The summed E-state index contributed by atoms with van der Waals surface area (Å²) in [6.45, 7) is 2.42. The Hall–Kier alpha value is -0.170. The van der Waals surface area contributed by atoms with Crippen LogP contribution in [0.1, 0.15) is 12.8 Å². The standard InChI is InChI=1S/C10H23N3O2S/c1-11-6-8-16(14,15)13(3)10-5-4-7-12(2)9-10/h10-11H,4-9H2,1-3H3. The van der Waals surface area contributed by atoms with Crippen molar-refractivity contribution in [2.24, 2.45) is 0 Å². The summed E-state index contributed by atoms with van der Waals surface area (Å²) in [4.78, 5) is 2.19. The third-order valence-electron chi connectivity index (χ3n) is 3.16. The van der Waals surface area contributed by atoms with Gasteiger partial charge in [-0.2, -0.15) is 0 Å². The van der Waals surface area contributed by atoms with Gasteiger partial charge in [0.2, 0.25) is 10.0 Å². The zero-order valence-electron chi connectivity index (χ0n) is 10.4. The highest BCUT2D eigenvalue weighted by molar-refractivity contribution is 7.89. The first kappa shape index (κ1) is 13.9. The van der Waals surface area contributed by atoms with Crippen LogP contribution >= 0.6 is 0 Å². The number of hydrogen-bond acceptors (Lipinski definition) is 4. The zero-order valence-corrected chi connectivity index (χ0v) is 11.3. The molecular formula is C10H23N3O2S. The van der Waals surface area contributed by atoms with Crippen LogP contribution in [0.15, 0.2) is 0 Å². The van der Waals surface area contributed by atoms with Crippen molar-refractivity contribution in [2.75, 3.05) is 46.5 Å². The minimum Gasteiger partial charge on any atom is -0.319 e. The number of piperidine rings is 1. The Labute approximate surface area is 98.8 Å². The van der Waals surface area contributed by atoms with Gasteiger partial charge in [-0.05, 0) is 33.5 Å². The molecule has 0 aromatic rings. The van der Waals surface area contributed by atoms with Crippen molar-refractivity contribution in [3.8, 4) is 0 Å². The highest BCUT2D eigenvalue weighted by atomic mass is 32.2. The second kappa shape index (κ2) is 5.95. The van der Waals surface area contributed by atoms with Gasteiger partial charge in [0.25, 0.3) is 0 Å². The molecule has 0 aromatic carbocycles. The Morgan fingerprint density at radius 1 is 1.50 bits per heavy atom. The molecule has 0 spiro atoms. The van der Waals surface area contributed by atoms with E-state index < -0.39 is 10.0 Å². The maximum atomic E-state index is 12.0. The molecule has 1 fully saturated rings. The molecule has 96 valence electrons. The molecular weight excluding hydrogens is 226 g/mol. The van der Waals surface area contributed by atoms with E-state index in [2.05, 4.69) is 10.2 Å². The zero-order chi connectivity index (χ0) is 12.2. The minimum absolute atomic E-state index is 0.139. The third kappa shape index (κ3) is 3.69. The molecule has 0 saturated carbocycles. The highest BCUT2D eigenvalue weighted by Gasteiger charge is 2.28. The van der Waals surface area contributed by atoms with Crippen molar-refractivity contribution in [1.29, 1.82) is 0 Å². The molecule has 1 saturated heterocycles. The van der Waals surface area contributed by atoms with Crippen molar-refractivity contribution in [2.45, 2.75) is 18.9 Å². The van der Waals surface area contributed by atoms with Gasteiger partial charge in [0.1, 0.15) is 0 Å². The second-order valence-electron chi connectivity index (χ2n) is 4.49. The molecule has 1 rings (SSSR count). The number of nitrogens with zero attached hydrogens (tertiary/aromatic N) is 2. The molecule has 1 unspecified atom stereocenters. The SMILES string of the molecule is CNCCS(=O)(=O)N(C)C1CCCN(C)C1. The van der Waals surface area contributed by atoms with Crippen LogP contribution < -0.4 is 5.32 Å². The summed E-state index contributed by atoms with van der Waals surface area (Å²) < 4.78 is 25.5. The van der Waals surface area contributed by atoms with Gasteiger partial charge < -0.3 is 10.2 Å². The summed E-state index contributed by atoms with van der Waals surface area (Å²) >= 11 is 0. The number of likely N-dealkylation sites (tertiary alicyclic amines) is 1. The molecule has 1 atom stereocenters. The van der Waals surface area contributed by atoms with Crippen molar-refractivity contribution in [3.63, 3.8) is 0 Å². The van der Waals surface area contributed by atoms with Gasteiger partial charge in [0.05, 0.1) is 5.75 Å². The lowest BCUT2D eigenvalue weighted by Gasteiger charge is -2.35. The molecule has 0 aliphatic carbocycles. The van der Waals surface area contributed by atoms with Crippen LogP contribution in [-0.4, -0.2) is 70.2 Å². The fourth-order valence-electron chi connectivity index (χ4n) is 2.04. The molecule has 16 heavy (non-hydrogen) atoms. The molecule has 0 radical (unpaired) electrons. The van der Waals surface area contributed by atoms with Crippen LogP contribution in [0.5, 0.6) is 0 Å². The highest BCUT2D eigenvalue weighted by Crippen LogP contribution is 2.16. The van der Waals surface area contributed by atoms with Gasteiger partial charge in [-0.25, -0.2) is 12.7 Å². The Morgan fingerprint density at radius 2 is 2.19 bits per heavy atom. The monoisotopic (exact) mass is 249 g/mol. The van der Waals surface area contributed by atoms with Crippen LogP contribution in [0.25, 0.3) is 0 Å². The average molecular weight is 249 g/mol. The summed E-state index contributed by atoms with van der Waals surface area (Å²) in [7, 11) is 2.41. The van der Waals surface area contributed by atoms with E-state index in [1.807, 2.05) is 7.05 Å². The lowest BCUT2D eigenvalue weighted by Crippen LogP contribution is -2.48. The minimum atomic E-state index is -3.10. The van der Waals surface area contributed by atoms with Gasteiger partial charge in [-0.3, -0.25) is 0 Å². The number of likely N-dealkylation sites (N-methyl/N-ethyl adjacent to an activating group) is 2. The summed E-state index contributed by atoms with van der Waals surface area (Å²) in [6, 6.07) is 0.139. The summed E-state index contributed by atoms with van der Waals surface area (Å²) in [5.74, 6) is 0.181. The quantitative estimate of drug-likeness (QED) is 0.718. The van der Waals surface area contributed by atoms with Crippen LogP contribution in [0, 0.1) is 0 Å². The Bertz CT molecular complexity index is 305. The van der Waals surface area contributed by atoms with Crippen molar-refractivity contribution in [1.82, 2.24) is 14.5 Å². The lowest BCUT2D eigenvalue weighted by molar-refractivity contribution is 0.187. The van der Waals surface area contributed by atoms with E-state index in [1.54, 1.807) is 18.4 Å². The maximum Gasteiger partial charge on any atom is 0.215 e. The number of sulfonamides is 1. The fourth-order valence-corrected chi connectivity index (χ4v) is 3.41. The van der Waals surface area contributed by atoms with Crippen LogP contribution in [0.2, 0.25) is 0 Å². The lowest BCUT2D eigenvalue weighted by atomic mass is 10.1. The smallest absolute Gasteiger partial charge is 0.215 e. The van der Waals surface area contributed by atoms with Gasteiger partial charge in [0.15, 0.2) is 0 Å². The van der Waals surface area contributed by atoms with Crippen LogP contribution in [-0.2, 0) is 10.0 Å². The van der Waals surface area contributed by atoms with Gasteiger partial charge in [-0.15, -0.1) is 0 Å². The van der Waals surface area contributed by atoms with E-state index in [0.29, 0.717) is 6.54 Å². The molecule has 1 N–H and O–H groups in total. The summed E-state index contributed by atoms with van der Waals surface area (Å²) in [5, 5.41) is 2.87. The predicted octanol–water partition coefficient (Wildman–Crippen LogP) is -0.438. The van der Waals surface area contributed by atoms with Crippen LogP contribution in [0.4, 0.5) is 0 Å².